The lowest BCUT2D eigenvalue weighted by Gasteiger charge is -2.24. The number of ether oxygens (including phenoxy) is 1. The van der Waals surface area contributed by atoms with Crippen molar-refractivity contribution in [1.82, 2.24) is 0 Å². The highest BCUT2D eigenvalue weighted by Crippen LogP contribution is 2.14. The lowest BCUT2D eigenvalue weighted by molar-refractivity contribution is 0.0378. The zero-order chi connectivity index (χ0) is 12.7. The zero-order valence-electron chi connectivity index (χ0n) is 11.3. The largest absolute Gasteiger partial charge is 0.377 e. The minimum atomic E-state index is 0.0935. The van der Waals surface area contributed by atoms with E-state index in [0.29, 0.717) is 0 Å². The molecule has 2 heteroatoms. The molecular weight excluding hydrogens is 210 g/mol. The minimum Gasteiger partial charge on any atom is -0.377 e. The van der Waals surface area contributed by atoms with E-state index in [1.165, 1.54) is 11.1 Å². The summed E-state index contributed by atoms with van der Waals surface area (Å²) in [6.07, 6.45) is 3.24. The van der Waals surface area contributed by atoms with Crippen molar-refractivity contribution in [1.29, 1.82) is 0 Å². The van der Waals surface area contributed by atoms with E-state index in [-0.39, 0.29) is 12.1 Å². The molecule has 0 spiro atoms. The van der Waals surface area contributed by atoms with Gasteiger partial charge in [-0.3, -0.25) is 0 Å². The first-order valence-electron chi connectivity index (χ1n) is 6.60. The molecule has 1 rings (SSSR count). The molecule has 96 valence electrons. The fraction of sp³-hybridized carbons (Fsp3) is 0.600. The Morgan fingerprint density at radius 1 is 1.24 bits per heavy atom. The third-order valence-corrected chi connectivity index (χ3v) is 3.15. The van der Waals surface area contributed by atoms with Crippen LogP contribution in [-0.2, 0) is 11.2 Å². The van der Waals surface area contributed by atoms with Crippen molar-refractivity contribution in [3.63, 3.8) is 0 Å². The maximum Gasteiger partial charge on any atom is 0.0728 e. The molecule has 0 heterocycles. The molecule has 0 saturated carbocycles. The second-order valence-electron chi connectivity index (χ2n) is 4.58. The molecule has 0 fully saturated rings. The van der Waals surface area contributed by atoms with Gasteiger partial charge in [-0.1, -0.05) is 37.6 Å². The van der Waals surface area contributed by atoms with Crippen molar-refractivity contribution in [3.8, 4) is 0 Å². The van der Waals surface area contributed by atoms with Crippen molar-refractivity contribution in [2.24, 2.45) is 5.73 Å². The quantitative estimate of drug-likeness (QED) is 0.788. The van der Waals surface area contributed by atoms with Gasteiger partial charge in [0, 0.05) is 12.6 Å². The van der Waals surface area contributed by atoms with E-state index in [9.17, 15) is 0 Å². The number of rotatable bonds is 7. The predicted molar refractivity (Wildman–Crippen MR) is 73.2 cm³/mol. The molecule has 0 aliphatic carbocycles. The second-order valence-corrected chi connectivity index (χ2v) is 4.58. The molecule has 0 amide bonds. The molecule has 2 nitrogen and oxygen atoms in total. The van der Waals surface area contributed by atoms with Crippen molar-refractivity contribution in [2.75, 3.05) is 6.61 Å². The van der Waals surface area contributed by atoms with Crippen LogP contribution in [0.15, 0.2) is 24.3 Å². The summed E-state index contributed by atoms with van der Waals surface area (Å²) in [5, 5.41) is 0. The average molecular weight is 235 g/mol. The van der Waals surface area contributed by atoms with Crippen molar-refractivity contribution in [2.45, 2.75) is 52.2 Å². The van der Waals surface area contributed by atoms with E-state index >= 15 is 0 Å². The summed E-state index contributed by atoms with van der Waals surface area (Å²) in [5.74, 6) is 0. The monoisotopic (exact) mass is 235 g/mol. The highest BCUT2D eigenvalue weighted by molar-refractivity contribution is 5.26. The maximum absolute atomic E-state index is 6.27. The summed E-state index contributed by atoms with van der Waals surface area (Å²) in [5.41, 5.74) is 8.91. The smallest absolute Gasteiger partial charge is 0.0728 e. The van der Waals surface area contributed by atoms with Gasteiger partial charge in [0.05, 0.1) is 6.10 Å². The van der Waals surface area contributed by atoms with E-state index in [4.69, 9.17) is 10.5 Å². The van der Waals surface area contributed by atoms with Crippen LogP contribution in [0.2, 0.25) is 0 Å². The fourth-order valence-corrected chi connectivity index (χ4v) is 2.14. The van der Waals surface area contributed by atoms with Gasteiger partial charge in [-0.2, -0.15) is 0 Å². The van der Waals surface area contributed by atoms with Crippen LogP contribution in [0.3, 0.4) is 0 Å². The summed E-state index contributed by atoms with van der Waals surface area (Å²) in [6.45, 7) is 7.08. The first kappa shape index (κ1) is 14.2. The van der Waals surface area contributed by atoms with Gasteiger partial charge in [-0.15, -0.1) is 0 Å². The highest BCUT2D eigenvalue weighted by Gasteiger charge is 2.18. The van der Waals surface area contributed by atoms with Crippen LogP contribution >= 0.6 is 0 Å². The van der Waals surface area contributed by atoms with Crippen LogP contribution in [0, 0.1) is 6.92 Å². The molecule has 2 unspecified atom stereocenters. The summed E-state index contributed by atoms with van der Waals surface area (Å²) >= 11 is 0. The van der Waals surface area contributed by atoms with Crippen LogP contribution in [-0.4, -0.2) is 18.8 Å². The Bertz CT molecular complexity index is 318. The lowest BCUT2D eigenvalue weighted by Crippen LogP contribution is -2.38. The number of hydrogen-bond donors (Lipinski definition) is 1. The van der Waals surface area contributed by atoms with Crippen LogP contribution in [0.1, 0.15) is 37.8 Å². The molecule has 17 heavy (non-hydrogen) atoms. The van der Waals surface area contributed by atoms with E-state index in [2.05, 4.69) is 38.1 Å². The van der Waals surface area contributed by atoms with Gasteiger partial charge in [0.2, 0.25) is 0 Å². The molecule has 0 aliphatic heterocycles. The molecule has 2 atom stereocenters. The van der Waals surface area contributed by atoms with Gasteiger partial charge < -0.3 is 10.5 Å². The summed E-state index contributed by atoms with van der Waals surface area (Å²) < 4.78 is 5.73. The first-order chi connectivity index (χ1) is 8.19. The van der Waals surface area contributed by atoms with E-state index in [1.807, 2.05) is 6.92 Å². The van der Waals surface area contributed by atoms with Crippen LogP contribution in [0.5, 0.6) is 0 Å². The molecule has 0 saturated heterocycles. The minimum absolute atomic E-state index is 0.0935. The Morgan fingerprint density at radius 2 is 1.94 bits per heavy atom. The van der Waals surface area contributed by atoms with Crippen molar-refractivity contribution in [3.05, 3.63) is 35.4 Å². The average Bonchev–Trinajstić information content (AvgIpc) is 2.32. The Labute approximate surface area is 105 Å². The molecule has 2 N–H and O–H groups in total. The van der Waals surface area contributed by atoms with Crippen molar-refractivity contribution < 1.29 is 4.74 Å². The Hall–Kier alpha value is -0.860. The van der Waals surface area contributed by atoms with E-state index in [0.717, 1.165) is 25.9 Å². The third-order valence-electron chi connectivity index (χ3n) is 3.15. The molecule has 0 bridgehead atoms. The van der Waals surface area contributed by atoms with Gasteiger partial charge in [0.15, 0.2) is 0 Å². The van der Waals surface area contributed by atoms with Crippen molar-refractivity contribution >= 4 is 0 Å². The Morgan fingerprint density at radius 3 is 2.53 bits per heavy atom. The van der Waals surface area contributed by atoms with E-state index < -0.39 is 0 Å². The second kappa shape index (κ2) is 7.46. The summed E-state index contributed by atoms with van der Waals surface area (Å²) in [7, 11) is 0. The number of hydrogen-bond acceptors (Lipinski definition) is 2. The van der Waals surface area contributed by atoms with Gasteiger partial charge in [0.1, 0.15) is 0 Å². The van der Waals surface area contributed by atoms with Gasteiger partial charge in [-0.05, 0) is 37.8 Å². The SMILES string of the molecule is CCCC(OCC)C(N)Cc1ccccc1C. The first-order valence-corrected chi connectivity index (χ1v) is 6.60. The predicted octanol–water partition coefficient (Wildman–Crippen LogP) is 3.07. The van der Waals surface area contributed by atoms with Gasteiger partial charge >= 0.3 is 0 Å². The third kappa shape index (κ3) is 4.49. The van der Waals surface area contributed by atoms with Gasteiger partial charge in [-0.25, -0.2) is 0 Å². The molecular formula is C15H25NO. The Kier molecular flexibility index (Phi) is 6.23. The Balaban J connectivity index is 2.62. The van der Waals surface area contributed by atoms with Crippen LogP contribution in [0.25, 0.3) is 0 Å². The summed E-state index contributed by atoms with van der Waals surface area (Å²) in [4.78, 5) is 0. The standard InChI is InChI=1S/C15H25NO/c1-4-8-15(17-5-2)14(16)11-13-10-7-6-9-12(13)3/h6-7,9-10,14-15H,4-5,8,11,16H2,1-3H3. The molecule has 0 radical (unpaired) electrons. The number of aryl methyl sites for hydroxylation is 1. The molecule has 1 aromatic rings. The normalized spacial score (nSPS) is 14.6. The van der Waals surface area contributed by atoms with Crippen LogP contribution < -0.4 is 5.73 Å². The van der Waals surface area contributed by atoms with Crippen LogP contribution in [0.4, 0.5) is 0 Å². The zero-order valence-corrected chi connectivity index (χ0v) is 11.3. The van der Waals surface area contributed by atoms with Gasteiger partial charge in [0.25, 0.3) is 0 Å². The fourth-order valence-electron chi connectivity index (χ4n) is 2.14. The topological polar surface area (TPSA) is 35.2 Å². The lowest BCUT2D eigenvalue weighted by atomic mass is 9.96. The molecule has 0 aliphatic rings. The number of nitrogens with two attached hydrogens (primary N) is 1. The maximum atomic E-state index is 6.27. The molecule has 0 aromatic heterocycles. The number of benzene rings is 1. The molecule has 1 aromatic carbocycles. The highest BCUT2D eigenvalue weighted by atomic mass is 16.5. The summed E-state index contributed by atoms with van der Waals surface area (Å²) in [6, 6.07) is 8.53. The van der Waals surface area contributed by atoms with E-state index in [1.54, 1.807) is 0 Å².